The van der Waals surface area contributed by atoms with Crippen LogP contribution < -0.4 is 15.4 Å². The number of hydrogen-bond acceptors (Lipinski definition) is 6. The van der Waals surface area contributed by atoms with Crippen molar-refractivity contribution in [1.82, 2.24) is 5.32 Å². The maximum Gasteiger partial charge on any atom is 0.325 e. The van der Waals surface area contributed by atoms with Crippen LogP contribution in [0.2, 0.25) is 5.02 Å². The molecular weight excluding hydrogens is 392 g/mol. The second-order valence-electron chi connectivity index (χ2n) is 5.60. The van der Waals surface area contributed by atoms with Crippen LogP contribution in [0.3, 0.4) is 0 Å². The van der Waals surface area contributed by atoms with Crippen molar-refractivity contribution in [3.63, 3.8) is 0 Å². The standard InChI is InChI=1S/C18H19ClN2O5S/c1-10-6-13(14(25-3)7-12(10)19)21-16(22)9-26-17(23)8-20-18(24)15-5-4-11(2)27-15/h4-7H,8-9H2,1-3H3,(H,20,24)(H,21,22). The lowest BCUT2D eigenvalue weighted by Crippen LogP contribution is -2.31. The summed E-state index contributed by atoms with van der Waals surface area (Å²) < 4.78 is 10.0. The number of methoxy groups -OCH3 is 1. The molecule has 2 rings (SSSR count). The number of halogens is 1. The molecular formula is C18H19ClN2O5S. The Balaban J connectivity index is 1.80. The minimum absolute atomic E-state index is 0.327. The summed E-state index contributed by atoms with van der Waals surface area (Å²) in [6.07, 6.45) is 0. The van der Waals surface area contributed by atoms with Gasteiger partial charge >= 0.3 is 5.97 Å². The van der Waals surface area contributed by atoms with Crippen molar-refractivity contribution in [2.45, 2.75) is 13.8 Å². The average Bonchev–Trinajstić information content (AvgIpc) is 3.07. The molecule has 0 spiro atoms. The van der Waals surface area contributed by atoms with Crippen LogP contribution >= 0.6 is 22.9 Å². The number of rotatable bonds is 7. The SMILES string of the molecule is COc1cc(Cl)c(C)cc1NC(=O)COC(=O)CNC(=O)c1ccc(C)s1. The number of hydrogen-bond donors (Lipinski definition) is 2. The van der Waals surface area contributed by atoms with Crippen LogP contribution in [0, 0.1) is 13.8 Å². The van der Waals surface area contributed by atoms with Crippen molar-refractivity contribution in [3.8, 4) is 5.75 Å². The van der Waals surface area contributed by atoms with E-state index in [0.717, 1.165) is 10.4 Å². The van der Waals surface area contributed by atoms with Crippen LogP contribution in [-0.4, -0.2) is 38.0 Å². The first-order chi connectivity index (χ1) is 12.8. The Morgan fingerprint density at radius 2 is 1.93 bits per heavy atom. The van der Waals surface area contributed by atoms with Crippen LogP contribution in [0.15, 0.2) is 24.3 Å². The van der Waals surface area contributed by atoms with E-state index in [1.807, 2.05) is 13.0 Å². The fourth-order valence-electron chi connectivity index (χ4n) is 2.11. The smallest absolute Gasteiger partial charge is 0.325 e. The zero-order valence-corrected chi connectivity index (χ0v) is 16.6. The molecule has 27 heavy (non-hydrogen) atoms. The van der Waals surface area contributed by atoms with E-state index in [1.165, 1.54) is 18.4 Å². The fraction of sp³-hybridized carbons (Fsp3) is 0.278. The zero-order valence-electron chi connectivity index (χ0n) is 15.1. The van der Waals surface area contributed by atoms with Crippen molar-refractivity contribution in [1.29, 1.82) is 0 Å². The van der Waals surface area contributed by atoms with Crippen molar-refractivity contribution >= 4 is 46.4 Å². The van der Waals surface area contributed by atoms with Gasteiger partial charge in [-0.05, 0) is 37.6 Å². The highest BCUT2D eigenvalue weighted by molar-refractivity contribution is 7.13. The van der Waals surface area contributed by atoms with Gasteiger partial charge < -0.3 is 20.1 Å². The normalized spacial score (nSPS) is 10.2. The number of aryl methyl sites for hydroxylation is 2. The molecule has 0 saturated carbocycles. The molecule has 2 aromatic rings. The molecule has 0 aliphatic rings. The number of benzene rings is 1. The lowest BCUT2D eigenvalue weighted by molar-refractivity contribution is -0.146. The highest BCUT2D eigenvalue weighted by Crippen LogP contribution is 2.30. The fourth-order valence-corrected chi connectivity index (χ4v) is 3.05. The Kier molecular flexibility index (Phi) is 7.20. The summed E-state index contributed by atoms with van der Waals surface area (Å²) in [4.78, 5) is 37.0. The second kappa shape index (κ2) is 9.38. The summed E-state index contributed by atoms with van der Waals surface area (Å²) in [5, 5.41) is 5.55. The van der Waals surface area contributed by atoms with Crippen molar-refractivity contribution < 1.29 is 23.9 Å². The number of anilines is 1. The topological polar surface area (TPSA) is 93.7 Å². The Labute approximate surface area is 165 Å². The van der Waals surface area contributed by atoms with E-state index in [1.54, 1.807) is 25.1 Å². The van der Waals surface area contributed by atoms with E-state index in [4.69, 9.17) is 21.1 Å². The first kappa shape index (κ1) is 20.7. The highest BCUT2D eigenvalue weighted by Gasteiger charge is 2.14. The van der Waals surface area contributed by atoms with Crippen LogP contribution in [0.25, 0.3) is 0 Å². The second-order valence-corrected chi connectivity index (χ2v) is 7.30. The molecule has 1 heterocycles. The molecule has 0 bridgehead atoms. The largest absolute Gasteiger partial charge is 0.495 e. The van der Waals surface area contributed by atoms with Crippen molar-refractivity contribution in [2.24, 2.45) is 0 Å². The van der Waals surface area contributed by atoms with Gasteiger partial charge in [0, 0.05) is 16.0 Å². The van der Waals surface area contributed by atoms with Gasteiger partial charge in [-0.15, -0.1) is 11.3 Å². The van der Waals surface area contributed by atoms with Gasteiger partial charge in [-0.2, -0.15) is 0 Å². The molecule has 0 saturated heterocycles. The highest BCUT2D eigenvalue weighted by atomic mass is 35.5. The van der Waals surface area contributed by atoms with Crippen molar-refractivity contribution in [2.75, 3.05) is 25.6 Å². The third kappa shape index (κ3) is 5.97. The first-order valence-corrected chi connectivity index (χ1v) is 9.14. The van der Waals surface area contributed by atoms with E-state index in [-0.39, 0.29) is 12.5 Å². The van der Waals surface area contributed by atoms with E-state index in [9.17, 15) is 14.4 Å². The van der Waals surface area contributed by atoms with Gasteiger partial charge in [-0.25, -0.2) is 0 Å². The molecule has 7 nitrogen and oxygen atoms in total. The molecule has 0 atom stereocenters. The van der Waals surface area contributed by atoms with Gasteiger partial charge in [-0.1, -0.05) is 11.6 Å². The zero-order chi connectivity index (χ0) is 20.0. The number of nitrogens with one attached hydrogen (secondary N) is 2. The summed E-state index contributed by atoms with van der Waals surface area (Å²) in [5.41, 5.74) is 1.18. The molecule has 2 N–H and O–H groups in total. The number of esters is 1. The molecule has 0 unspecified atom stereocenters. The Morgan fingerprint density at radius 3 is 2.56 bits per heavy atom. The number of carbonyl (C=O) groups is 3. The quantitative estimate of drug-likeness (QED) is 0.684. The molecule has 144 valence electrons. The molecule has 0 fully saturated rings. The minimum atomic E-state index is -0.717. The molecule has 2 amide bonds. The van der Waals surface area contributed by atoms with E-state index in [2.05, 4.69) is 10.6 Å². The lowest BCUT2D eigenvalue weighted by atomic mass is 10.2. The van der Waals surface area contributed by atoms with E-state index < -0.39 is 18.5 Å². The van der Waals surface area contributed by atoms with Gasteiger partial charge in [0.1, 0.15) is 12.3 Å². The molecule has 9 heteroatoms. The third-order valence-electron chi connectivity index (χ3n) is 3.48. The van der Waals surface area contributed by atoms with Crippen molar-refractivity contribution in [3.05, 3.63) is 44.6 Å². The number of carbonyl (C=O) groups excluding carboxylic acids is 3. The summed E-state index contributed by atoms with van der Waals surface area (Å²) in [5.74, 6) is -1.23. The maximum absolute atomic E-state index is 12.0. The van der Waals surface area contributed by atoms with E-state index in [0.29, 0.717) is 21.3 Å². The monoisotopic (exact) mass is 410 g/mol. The van der Waals surface area contributed by atoms with Gasteiger partial charge in [0.05, 0.1) is 17.7 Å². The Hall–Kier alpha value is -2.58. The van der Waals surface area contributed by atoms with Gasteiger partial charge in [0.15, 0.2) is 6.61 Å². The summed E-state index contributed by atoms with van der Waals surface area (Å²) in [6.45, 7) is 2.85. The maximum atomic E-state index is 12.0. The predicted molar refractivity (Wildman–Crippen MR) is 104 cm³/mol. The minimum Gasteiger partial charge on any atom is -0.495 e. The molecule has 1 aromatic carbocycles. The van der Waals surface area contributed by atoms with Gasteiger partial charge in [0.25, 0.3) is 11.8 Å². The Bertz CT molecular complexity index is 865. The van der Waals surface area contributed by atoms with Gasteiger partial charge in [-0.3, -0.25) is 14.4 Å². The summed E-state index contributed by atoms with van der Waals surface area (Å²) in [6, 6.07) is 6.73. The molecule has 0 aliphatic carbocycles. The number of thiophene rings is 1. The Morgan fingerprint density at radius 1 is 1.19 bits per heavy atom. The number of amides is 2. The summed E-state index contributed by atoms with van der Waals surface area (Å²) in [7, 11) is 1.45. The average molecular weight is 411 g/mol. The van der Waals surface area contributed by atoms with Crippen LogP contribution in [0.4, 0.5) is 5.69 Å². The molecule has 0 radical (unpaired) electrons. The van der Waals surface area contributed by atoms with Gasteiger partial charge in [0.2, 0.25) is 0 Å². The van der Waals surface area contributed by atoms with E-state index >= 15 is 0 Å². The third-order valence-corrected chi connectivity index (χ3v) is 4.88. The lowest BCUT2D eigenvalue weighted by Gasteiger charge is -2.12. The summed E-state index contributed by atoms with van der Waals surface area (Å²) >= 11 is 7.34. The predicted octanol–water partition coefficient (Wildman–Crippen LogP) is 2.94. The van der Waals surface area contributed by atoms with Crippen LogP contribution in [0.5, 0.6) is 5.75 Å². The number of ether oxygens (including phenoxy) is 2. The molecule has 1 aromatic heterocycles. The molecule has 0 aliphatic heterocycles. The first-order valence-electron chi connectivity index (χ1n) is 7.94. The van der Waals surface area contributed by atoms with Crippen LogP contribution in [0.1, 0.15) is 20.1 Å². The van der Waals surface area contributed by atoms with Crippen LogP contribution in [-0.2, 0) is 14.3 Å².